The lowest BCUT2D eigenvalue weighted by Gasteiger charge is -2.23. The lowest BCUT2D eigenvalue weighted by Crippen LogP contribution is -2.34. The number of hydrogen-bond donors (Lipinski definition) is 1. The minimum atomic E-state index is -4.42. The van der Waals surface area contributed by atoms with Crippen molar-refractivity contribution in [2.75, 3.05) is 26.7 Å². The minimum Gasteiger partial charge on any atom is -0.342 e. The van der Waals surface area contributed by atoms with E-state index in [1.807, 2.05) is 7.05 Å². The van der Waals surface area contributed by atoms with Crippen LogP contribution >= 0.6 is 12.4 Å². The molecule has 2 rings (SSSR count). The highest BCUT2D eigenvalue weighted by Crippen LogP contribution is 2.38. The number of amides is 1. The molecule has 1 N–H and O–H groups in total. The Bertz CT molecular complexity index is 496. The monoisotopic (exact) mass is 350 g/mol. The van der Waals surface area contributed by atoms with Crippen molar-refractivity contribution in [1.29, 1.82) is 0 Å². The Balaban J connectivity index is 0.00000264. The second-order valence-electron chi connectivity index (χ2n) is 5.76. The van der Waals surface area contributed by atoms with Gasteiger partial charge in [0.15, 0.2) is 0 Å². The molecule has 0 aromatic heterocycles. The van der Waals surface area contributed by atoms with Gasteiger partial charge >= 0.3 is 6.18 Å². The van der Waals surface area contributed by atoms with Crippen LogP contribution < -0.4 is 5.32 Å². The maximum absolute atomic E-state index is 13.3. The van der Waals surface area contributed by atoms with E-state index >= 15 is 0 Å². The summed E-state index contributed by atoms with van der Waals surface area (Å²) < 4.78 is 39.8. The van der Waals surface area contributed by atoms with Crippen molar-refractivity contribution in [3.8, 4) is 0 Å². The zero-order valence-corrected chi connectivity index (χ0v) is 13.8. The van der Waals surface area contributed by atoms with Crippen LogP contribution in [-0.2, 0) is 4.79 Å². The molecule has 1 aromatic carbocycles. The fourth-order valence-electron chi connectivity index (χ4n) is 2.93. The largest absolute Gasteiger partial charge is 0.396 e. The molecular weight excluding hydrogens is 329 g/mol. The van der Waals surface area contributed by atoms with E-state index in [2.05, 4.69) is 5.32 Å². The Morgan fingerprint density at radius 1 is 1.35 bits per heavy atom. The van der Waals surface area contributed by atoms with Crippen LogP contribution in [0, 0.1) is 5.92 Å². The van der Waals surface area contributed by atoms with Gasteiger partial charge in [-0.1, -0.05) is 30.3 Å². The summed E-state index contributed by atoms with van der Waals surface area (Å²) in [6.07, 6.45) is -4.09. The van der Waals surface area contributed by atoms with Crippen LogP contribution in [0.4, 0.5) is 13.2 Å². The number of halogens is 4. The van der Waals surface area contributed by atoms with Gasteiger partial charge in [-0.2, -0.15) is 13.2 Å². The summed E-state index contributed by atoms with van der Waals surface area (Å²) in [5.41, 5.74) is 0.148. The third kappa shape index (κ3) is 5.39. The molecule has 1 fully saturated rings. The Labute approximate surface area is 140 Å². The standard InChI is InChI=1S/C16H21F3N2O.ClH/c1-20-10-12-7-8-21(11-12)15(22)9-14(16(17,18)19)13-5-3-2-4-6-13;/h2-6,12,14,20H,7-11H2,1H3;1H. The SMILES string of the molecule is CNCC1CCN(C(=O)CC(c2ccccc2)C(F)(F)F)C1.Cl. The van der Waals surface area contributed by atoms with Gasteiger partial charge in [-0.15, -0.1) is 12.4 Å². The van der Waals surface area contributed by atoms with Crippen molar-refractivity contribution in [3.05, 3.63) is 35.9 Å². The molecule has 2 unspecified atom stereocenters. The van der Waals surface area contributed by atoms with Crippen molar-refractivity contribution < 1.29 is 18.0 Å². The predicted octanol–water partition coefficient (Wildman–Crippen LogP) is 3.21. The molecule has 3 nitrogen and oxygen atoms in total. The van der Waals surface area contributed by atoms with Gasteiger partial charge in [0, 0.05) is 19.5 Å². The molecule has 0 bridgehead atoms. The normalized spacial score (nSPS) is 19.3. The molecule has 23 heavy (non-hydrogen) atoms. The molecule has 1 aliphatic heterocycles. The topological polar surface area (TPSA) is 32.3 Å². The molecule has 0 spiro atoms. The molecular formula is C16H22ClF3N2O. The van der Waals surface area contributed by atoms with Gasteiger partial charge in [0.1, 0.15) is 0 Å². The van der Waals surface area contributed by atoms with Gasteiger partial charge < -0.3 is 10.2 Å². The summed E-state index contributed by atoms with van der Waals surface area (Å²) >= 11 is 0. The first-order valence-electron chi connectivity index (χ1n) is 7.46. The van der Waals surface area contributed by atoms with Gasteiger partial charge in [-0.05, 0) is 31.5 Å². The number of benzene rings is 1. The van der Waals surface area contributed by atoms with Gasteiger partial charge in [0.25, 0.3) is 0 Å². The smallest absolute Gasteiger partial charge is 0.342 e. The molecule has 0 radical (unpaired) electrons. The van der Waals surface area contributed by atoms with Crippen molar-refractivity contribution >= 4 is 18.3 Å². The number of likely N-dealkylation sites (tertiary alicyclic amines) is 1. The van der Waals surface area contributed by atoms with E-state index in [0.29, 0.717) is 19.0 Å². The molecule has 0 aliphatic carbocycles. The van der Waals surface area contributed by atoms with Crippen molar-refractivity contribution in [2.45, 2.75) is 24.9 Å². The van der Waals surface area contributed by atoms with Gasteiger partial charge in [-0.3, -0.25) is 4.79 Å². The van der Waals surface area contributed by atoms with Gasteiger partial charge in [0.2, 0.25) is 5.91 Å². The number of hydrogen-bond acceptors (Lipinski definition) is 2. The van der Waals surface area contributed by atoms with Crippen LogP contribution in [0.1, 0.15) is 24.3 Å². The highest BCUT2D eigenvalue weighted by Gasteiger charge is 2.43. The highest BCUT2D eigenvalue weighted by molar-refractivity contribution is 5.85. The number of rotatable bonds is 5. The maximum atomic E-state index is 13.3. The van der Waals surface area contributed by atoms with Crippen LogP contribution in [0.5, 0.6) is 0 Å². The summed E-state index contributed by atoms with van der Waals surface area (Å²) in [6, 6.07) is 7.66. The zero-order valence-electron chi connectivity index (χ0n) is 13.0. The quantitative estimate of drug-likeness (QED) is 0.884. The second kappa shape index (κ2) is 8.55. The Kier molecular flexibility index (Phi) is 7.35. The molecule has 1 heterocycles. The minimum absolute atomic E-state index is 0. The van der Waals surface area contributed by atoms with Crippen LogP contribution in [0.25, 0.3) is 0 Å². The predicted molar refractivity (Wildman–Crippen MR) is 85.7 cm³/mol. The summed E-state index contributed by atoms with van der Waals surface area (Å²) in [4.78, 5) is 13.8. The first kappa shape index (κ1) is 19.8. The molecule has 1 amide bonds. The summed E-state index contributed by atoms with van der Waals surface area (Å²) in [7, 11) is 1.83. The van der Waals surface area contributed by atoms with Crippen LogP contribution in [-0.4, -0.2) is 43.7 Å². The number of carbonyl (C=O) groups is 1. The molecule has 7 heteroatoms. The second-order valence-corrected chi connectivity index (χ2v) is 5.76. The summed E-state index contributed by atoms with van der Waals surface area (Å²) in [5.74, 6) is -1.82. The van der Waals surface area contributed by atoms with Crippen molar-refractivity contribution in [3.63, 3.8) is 0 Å². The van der Waals surface area contributed by atoms with E-state index in [9.17, 15) is 18.0 Å². The average molecular weight is 351 g/mol. The van der Waals surface area contributed by atoms with Crippen molar-refractivity contribution in [1.82, 2.24) is 10.2 Å². The van der Waals surface area contributed by atoms with Crippen LogP contribution in [0.2, 0.25) is 0 Å². The first-order chi connectivity index (χ1) is 10.4. The van der Waals surface area contributed by atoms with E-state index in [1.165, 1.54) is 12.1 Å². The fourth-order valence-corrected chi connectivity index (χ4v) is 2.93. The van der Waals surface area contributed by atoms with Crippen LogP contribution in [0.15, 0.2) is 30.3 Å². The fraction of sp³-hybridized carbons (Fsp3) is 0.562. The zero-order chi connectivity index (χ0) is 16.2. The van der Waals surface area contributed by atoms with Crippen LogP contribution in [0.3, 0.4) is 0 Å². The third-order valence-corrected chi connectivity index (χ3v) is 4.11. The molecule has 130 valence electrons. The first-order valence-corrected chi connectivity index (χ1v) is 7.46. The van der Waals surface area contributed by atoms with Crippen molar-refractivity contribution in [2.24, 2.45) is 5.92 Å². The van der Waals surface area contributed by atoms with Gasteiger partial charge in [-0.25, -0.2) is 0 Å². The molecule has 2 atom stereocenters. The van der Waals surface area contributed by atoms with E-state index in [1.54, 1.807) is 23.1 Å². The summed E-state index contributed by atoms with van der Waals surface area (Å²) in [6.45, 7) is 1.87. The maximum Gasteiger partial charge on any atom is 0.396 e. The lowest BCUT2D eigenvalue weighted by atomic mass is 9.94. The third-order valence-electron chi connectivity index (χ3n) is 4.11. The number of nitrogens with one attached hydrogen (secondary N) is 1. The Morgan fingerprint density at radius 2 is 2.00 bits per heavy atom. The molecule has 1 aromatic rings. The van der Waals surface area contributed by atoms with Gasteiger partial charge in [0.05, 0.1) is 5.92 Å². The highest BCUT2D eigenvalue weighted by atomic mass is 35.5. The average Bonchev–Trinajstić information content (AvgIpc) is 2.93. The molecule has 1 aliphatic rings. The van der Waals surface area contributed by atoms with E-state index in [0.717, 1.165) is 13.0 Å². The number of nitrogens with zero attached hydrogens (tertiary/aromatic N) is 1. The molecule has 1 saturated heterocycles. The Morgan fingerprint density at radius 3 is 2.57 bits per heavy atom. The van der Waals surface area contributed by atoms with E-state index in [4.69, 9.17) is 0 Å². The number of carbonyl (C=O) groups excluding carboxylic acids is 1. The number of alkyl halides is 3. The van der Waals surface area contributed by atoms with E-state index in [-0.39, 0.29) is 18.0 Å². The summed E-state index contributed by atoms with van der Waals surface area (Å²) in [5, 5.41) is 3.04. The lowest BCUT2D eigenvalue weighted by molar-refractivity contribution is -0.160. The Hall–Kier alpha value is -1.27. The molecule has 0 saturated carbocycles. The van der Waals surface area contributed by atoms with E-state index < -0.39 is 24.4 Å².